The van der Waals surface area contributed by atoms with Gasteiger partial charge in [0.1, 0.15) is 17.5 Å². The van der Waals surface area contributed by atoms with Crippen molar-refractivity contribution in [3.63, 3.8) is 0 Å². The van der Waals surface area contributed by atoms with Gasteiger partial charge in [-0.1, -0.05) is 54.6 Å². The summed E-state index contributed by atoms with van der Waals surface area (Å²) in [4.78, 5) is 42.5. The van der Waals surface area contributed by atoms with Crippen molar-refractivity contribution in [2.75, 3.05) is 13.7 Å². The van der Waals surface area contributed by atoms with Gasteiger partial charge in [0.25, 0.3) is 5.91 Å². The molecule has 4 aliphatic carbocycles. The zero-order chi connectivity index (χ0) is 28.9. The number of Topliss-reactive ketones (excluding diaryl/α,β-unsaturated/α-hetero) is 1. The van der Waals surface area contributed by atoms with E-state index in [0.29, 0.717) is 48.4 Å². The van der Waals surface area contributed by atoms with Crippen LogP contribution in [0.25, 0.3) is 0 Å². The smallest absolute Gasteiger partial charge is 0.343 e. The average molecular weight is 562 g/mol. The minimum atomic E-state index is -0.974. The van der Waals surface area contributed by atoms with Crippen molar-refractivity contribution in [2.24, 2.45) is 11.3 Å². The van der Waals surface area contributed by atoms with Crippen LogP contribution in [0.2, 0.25) is 0 Å². The number of esters is 1. The van der Waals surface area contributed by atoms with Crippen LogP contribution >= 0.6 is 0 Å². The second-order valence-electron chi connectivity index (χ2n) is 12.3. The molecular weight excluding hydrogens is 530 g/mol. The summed E-state index contributed by atoms with van der Waals surface area (Å²) >= 11 is 0. The Balaban J connectivity index is 1.31. The topological polar surface area (TPSA) is 82.1 Å². The quantitative estimate of drug-likeness (QED) is 0.250. The number of carbonyl (C=O) groups excluding carboxylic acids is 3. The van der Waals surface area contributed by atoms with E-state index in [4.69, 9.17) is 14.2 Å². The van der Waals surface area contributed by atoms with Gasteiger partial charge >= 0.3 is 5.97 Å². The number of fused-ring (bicyclic) bond motifs is 1. The van der Waals surface area contributed by atoms with Gasteiger partial charge < -0.3 is 19.1 Å². The van der Waals surface area contributed by atoms with E-state index in [2.05, 4.69) is 6.08 Å². The third-order valence-electron chi connectivity index (χ3n) is 10.8. The SMILES string of the molecule is CO[C@]12C=C[C@@]3(C[C@@H]1C(C)=O)[C@H]1Cc4ccc(OC(=O)c5ccccc5)c5c4[C@@]3(CCN1C(=O)c1ccccc1)[C@H]2O5. The molecule has 2 fully saturated rings. The Morgan fingerprint density at radius 2 is 1.64 bits per heavy atom. The standard InChI is InChI=1S/C35H31NO6/c1-21(37)25-20-33-15-16-35(25,40-2)32-34(33)17-18-36(30(38)22-9-5-3-6-10-22)27(33)19-24-13-14-26(29(42-32)28(24)34)41-31(39)23-11-7-4-8-12-23/h3-16,25,27,32H,17-20H2,1-2H3/t25-,27-,32-,33-,34+,35-/m1/s1. The fourth-order valence-electron chi connectivity index (χ4n) is 9.09. The molecule has 9 rings (SSSR count). The first-order valence-corrected chi connectivity index (χ1v) is 14.6. The Labute approximate surface area is 244 Å². The highest BCUT2D eigenvalue weighted by Gasteiger charge is 2.80. The first kappa shape index (κ1) is 25.5. The van der Waals surface area contributed by atoms with Gasteiger partial charge in [-0.3, -0.25) is 9.59 Å². The minimum absolute atomic E-state index is 0.000646. The van der Waals surface area contributed by atoms with E-state index in [9.17, 15) is 14.4 Å². The predicted octanol–water partition coefficient (Wildman–Crippen LogP) is 4.93. The second kappa shape index (κ2) is 8.65. The summed E-state index contributed by atoms with van der Waals surface area (Å²) in [5, 5.41) is 0. The van der Waals surface area contributed by atoms with Gasteiger partial charge in [-0.05, 0) is 62.1 Å². The first-order valence-electron chi connectivity index (χ1n) is 14.6. The second-order valence-corrected chi connectivity index (χ2v) is 12.3. The summed E-state index contributed by atoms with van der Waals surface area (Å²) in [6.07, 6.45) is 5.56. The maximum absolute atomic E-state index is 14.0. The summed E-state index contributed by atoms with van der Waals surface area (Å²) in [6.45, 7) is 2.17. The first-order chi connectivity index (χ1) is 20.4. The van der Waals surface area contributed by atoms with E-state index in [1.807, 2.05) is 53.4 Å². The molecule has 2 heterocycles. The number of piperidine rings is 1. The van der Waals surface area contributed by atoms with Crippen LogP contribution in [0.4, 0.5) is 0 Å². The molecule has 1 saturated carbocycles. The number of benzene rings is 3. The van der Waals surface area contributed by atoms with E-state index in [-0.39, 0.29) is 17.7 Å². The molecule has 1 saturated heterocycles. The highest BCUT2D eigenvalue weighted by molar-refractivity contribution is 5.95. The summed E-state index contributed by atoms with van der Waals surface area (Å²) in [5.74, 6) is 0.0640. The fraction of sp³-hybridized carbons (Fsp3) is 0.343. The van der Waals surface area contributed by atoms with Crippen LogP contribution < -0.4 is 9.47 Å². The number of ketones is 1. The molecule has 0 aromatic heterocycles. The van der Waals surface area contributed by atoms with E-state index in [1.165, 1.54) is 0 Å². The van der Waals surface area contributed by atoms with Gasteiger partial charge in [-0.2, -0.15) is 0 Å². The molecule has 6 aliphatic rings. The number of methoxy groups -OCH3 is 1. The van der Waals surface area contributed by atoms with E-state index < -0.39 is 34.4 Å². The largest absolute Gasteiger partial charge is 0.482 e. The Kier molecular flexibility index (Phi) is 5.24. The fourth-order valence-corrected chi connectivity index (χ4v) is 9.09. The van der Waals surface area contributed by atoms with Crippen molar-refractivity contribution < 1.29 is 28.6 Å². The number of amides is 1. The number of ether oxygens (including phenoxy) is 3. The molecular formula is C35H31NO6. The van der Waals surface area contributed by atoms with E-state index in [0.717, 1.165) is 11.1 Å². The van der Waals surface area contributed by atoms with Gasteiger partial charge in [0.2, 0.25) is 0 Å². The Morgan fingerprint density at radius 3 is 2.33 bits per heavy atom. The molecule has 0 radical (unpaired) electrons. The van der Waals surface area contributed by atoms with Gasteiger partial charge in [0.15, 0.2) is 11.5 Å². The van der Waals surface area contributed by atoms with Crippen LogP contribution in [0.5, 0.6) is 11.5 Å². The minimum Gasteiger partial charge on any atom is -0.482 e. The normalized spacial score (nSPS) is 32.6. The number of carbonyl (C=O) groups is 3. The molecule has 42 heavy (non-hydrogen) atoms. The van der Waals surface area contributed by atoms with Crippen LogP contribution in [-0.4, -0.2) is 54.0 Å². The van der Waals surface area contributed by atoms with Gasteiger partial charge in [0.05, 0.1) is 16.9 Å². The maximum Gasteiger partial charge on any atom is 0.343 e. The Bertz CT molecular complexity index is 1680. The van der Waals surface area contributed by atoms with E-state index >= 15 is 0 Å². The molecule has 6 atom stereocenters. The zero-order valence-corrected chi connectivity index (χ0v) is 23.5. The highest BCUT2D eigenvalue weighted by atomic mass is 16.6. The Morgan fingerprint density at radius 1 is 0.929 bits per heavy atom. The predicted molar refractivity (Wildman–Crippen MR) is 154 cm³/mol. The molecule has 1 amide bonds. The molecule has 4 bridgehead atoms. The van der Waals surface area contributed by atoms with Crippen LogP contribution in [0.1, 0.15) is 51.6 Å². The summed E-state index contributed by atoms with van der Waals surface area (Å²) in [5.41, 5.74) is 1.17. The molecule has 212 valence electrons. The third kappa shape index (κ3) is 2.96. The average Bonchev–Trinajstić information content (AvgIpc) is 3.39. The molecule has 7 nitrogen and oxygen atoms in total. The van der Waals surface area contributed by atoms with Crippen molar-refractivity contribution in [1.82, 2.24) is 4.90 Å². The van der Waals surface area contributed by atoms with Gasteiger partial charge in [0, 0.05) is 36.2 Å². The lowest BCUT2D eigenvalue weighted by Gasteiger charge is -2.70. The third-order valence-corrected chi connectivity index (χ3v) is 10.8. The molecule has 7 heteroatoms. The van der Waals surface area contributed by atoms with Gasteiger partial charge in [-0.15, -0.1) is 0 Å². The summed E-state index contributed by atoms with van der Waals surface area (Å²) < 4.78 is 19.2. The number of hydrogen-bond acceptors (Lipinski definition) is 6. The lowest BCUT2D eigenvalue weighted by atomic mass is 9.37. The van der Waals surface area contributed by atoms with Crippen LogP contribution in [0.15, 0.2) is 84.9 Å². The molecule has 2 aliphatic heterocycles. The van der Waals surface area contributed by atoms with Crippen molar-refractivity contribution in [3.05, 3.63) is 107 Å². The molecule has 2 spiro atoms. The Hall–Kier alpha value is -4.23. The molecule has 0 N–H and O–H groups in total. The highest BCUT2D eigenvalue weighted by Crippen LogP contribution is 2.74. The van der Waals surface area contributed by atoms with Crippen LogP contribution in [0.3, 0.4) is 0 Å². The summed E-state index contributed by atoms with van der Waals surface area (Å²) in [6, 6.07) is 22.0. The van der Waals surface area contributed by atoms with Crippen molar-refractivity contribution in [1.29, 1.82) is 0 Å². The lowest BCUT2D eigenvalue weighted by molar-refractivity contribution is -0.210. The van der Waals surface area contributed by atoms with Crippen molar-refractivity contribution in [3.8, 4) is 11.5 Å². The number of likely N-dealkylation sites (tertiary alicyclic amines) is 1. The van der Waals surface area contributed by atoms with Crippen LogP contribution in [0, 0.1) is 11.3 Å². The number of nitrogens with zero attached hydrogens (tertiary/aromatic N) is 1. The van der Waals surface area contributed by atoms with Crippen LogP contribution in [-0.2, 0) is 21.4 Å². The molecule has 0 unspecified atom stereocenters. The maximum atomic E-state index is 14.0. The van der Waals surface area contributed by atoms with E-state index in [1.54, 1.807) is 44.4 Å². The zero-order valence-electron chi connectivity index (χ0n) is 23.5. The van der Waals surface area contributed by atoms with Gasteiger partial charge in [-0.25, -0.2) is 4.79 Å². The molecule has 3 aromatic carbocycles. The van der Waals surface area contributed by atoms with Crippen molar-refractivity contribution >= 4 is 17.7 Å². The summed E-state index contributed by atoms with van der Waals surface area (Å²) in [7, 11) is 1.65. The number of rotatable bonds is 5. The number of hydrogen-bond donors (Lipinski definition) is 0. The van der Waals surface area contributed by atoms with Crippen molar-refractivity contribution in [2.45, 2.75) is 49.3 Å². The lowest BCUT2D eigenvalue weighted by Crippen LogP contribution is -2.80. The molecule has 3 aromatic rings. The monoisotopic (exact) mass is 561 g/mol.